The number of halogens is 2. The minimum atomic E-state index is -0.0271. The Kier molecular flexibility index (Phi) is 3.77. The molecule has 0 amide bonds. The monoisotopic (exact) mass is 228 g/mol. The SMILES string of the molecule is C[C@H](N)Cc1c(Cl)cc(Cl)cc1C#N. The molecule has 0 unspecified atom stereocenters. The van der Waals surface area contributed by atoms with Crippen molar-refractivity contribution in [2.45, 2.75) is 19.4 Å². The molecule has 4 heteroatoms. The van der Waals surface area contributed by atoms with Gasteiger partial charge in [-0.25, -0.2) is 0 Å². The van der Waals surface area contributed by atoms with Crippen LogP contribution in [0, 0.1) is 11.3 Å². The van der Waals surface area contributed by atoms with Gasteiger partial charge in [0, 0.05) is 16.1 Å². The molecule has 0 fully saturated rings. The van der Waals surface area contributed by atoms with Crippen LogP contribution in [0.5, 0.6) is 0 Å². The molecule has 0 spiro atoms. The number of hydrogen-bond acceptors (Lipinski definition) is 2. The second-order valence-corrected chi connectivity index (χ2v) is 4.05. The molecule has 0 aliphatic carbocycles. The number of nitrogens with two attached hydrogens (primary N) is 1. The zero-order chi connectivity index (χ0) is 10.7. The summed E-state index contributed by atoms with van der Waals surface area (Å²) in [6.45, 7) is 1.87. The van der Waals surface area contributed by atoms with E-state index in [1.807, 2.05) is 6.92 Å². The van der Waals surface area contributed by atoms with Gasteiger partial charge >= 0.3 is 0 Å². The van der Waals surface area contributed by atoms with E-state index in [0.29, 0.717) is 22.0 Å². The van der Waals surface area contributed by atoms with Crippen molar-refractivity contribution in [3.05, 3.63) is 33.3 Å². The van der Waals surface area contributed by atoms with E-state index in [2.05, 4.69) is 6.07 Å². The smallest absolute Gasteiger partial charge is 0.0995 e. The normalized spacial score (nSPS) is 12.2. The van der Waals surface area contributed by atoms with E-state index < -0.39 is 0 Å². The van der Waals surface area contributed by atoms with Crippen LogP contribution >= 0.6 is 23.2 Å². The first-order chi connectivity index (χ1) is 6.54. The van der Waals surface area contributed by atoms with Crippen molar-refractivity contribution < 1.29 is 0 Å². The van der Waals surface area contributed by atoms with Crippen molar-refractivity contribution in [3.8, 4) is 6.07 Å². The van der Waals surface area contributed by atoms with Crippen LogP contribution in [0.15, 0.2) is 12.1 Å². The van der Waals surface area contributed by atoms with Crippen molar-refractivity contribution in [2.75, 3.05) is 0 Å². The molecule has 0 radical (unpaired) electrons. The highest BCUT2D eigenvalue weighted by molar-refractivity contribution is 6.35. The average Bonchev–Trinajstić information content (AvgIpc) is 2.08. The molecule has 0 saturated heterocycles. The summed E-state index contributed by atoms with van der Waals surface area (Å²) in [7, 11) is 0. The highest BCUT2D eigenvalue weighted by Crippen LogP contribution is 2.25. The van der Waals surface area contributed by atoms with Crippen LogP contribution in [-0.4, -0.2) is 6.04 Å². The van der Waals surface area contributed by atoms with E-state index in [9.17, 15) is 0 Å². The Morgan fingerprint density at radius 2 is 2.14 bits per heavy atom. The van der Waals surface area contributed by atoms with Crippen LogP contribution in [-0.2, 0) is 6.42 Å². The van der Waals surface area contributed by atoms with E-state index in [1.54, 1.807) is 12.1 Å². The van der Waals surface area contributed by atoms with Crippen molar-refractivity contribution in [1.29, 1.82) is 5.26 Å². The van der Waals surface area contributed by atoms with Crippen LogP contribution in [0.2, 0.25) is 10.0 Å². The first kappa shape index (κ1) is 11.3. The van der Waals surface area contributed by atoms with Gasteiger partial charge in [-0.05, 0) is 31.0 Å². The van der Waals surface area contributed by atoms with Gasteiger partial charge in [0.15, 0.2) is 0 Å². The van der Waals surface area contributed by atoms with Gasteiger partial charge in [0.25, 0.3) is 0 Å². The Morgan fingerprint density at radius 1 is 1.50 bits per heavy atom. The highest BCUT2D eigenvalue weighted by Gasteiger charge is 2.10. The zero-order valence-electron chi connectivity index (χ0n) is 7.72. The lowest BCUT2D eigenvalue weighted by Gasteiger charge is -2.09. The van der Waals surface area contributed by atoms with Crippen molar-refractivity contribution in [2.24, 2.45) is 5.73 Å². The van der Waals surface area contributed by atoms with Crippen LogP contribution in [0.25, 0.3) is 0 Å². The van der Waals surface area contributed by atoms with Gasteiger partial charge in [0.1, 0.15) is 0 Å². The van der Waals surface area contributed by atoms with Gasteiger partial charge in [-0.15, -0.1) is 0 Å². The molecule has 2 N–H and O–H groups in total. The number of nitrogens with zero attached hydrogens (tertiary/aromatic N) is 1. The van der Waals surface area contributed by atoms with Crippen LogP contribution in [0.4, 0.5) is 0 Å². The van der Waals surface area contributed by atoms with Gasteiger partial charge < -0.3 is 5.73 Å². The molecule has 1 aromatic rings. The molecule has 1 rings (SSSR count). The molecule has 2 nitrogen and oxygen atoms in total. The molecule has 0 bridgehead atoms. The third kappa shape index (κ3) is 2.62. The second-order valence-electron chi connectivity index (χ2n) is 3.21. The first-order valence-electron chi connectivity index (χ1n) is 4.18. The summed E-state index contributed by atoms with van der Waals surface area (Å²) >= 11 is 11.7. The van der Waals surface area contributed by atoms with Gasteiger partial charge in [-0.1, -0.05) is 23.2 Å². The topological polar surface area (TPSA) is 49.8 Å². The lowest BCUT2D eigenvalue weighted by molar-refractivity contribution is 0.737. The number of benzene rings is 1. The van der Waals surface area contributed by atoms with E-state index in [0.717, 1.165) is 5.56 Å². The Morgan fingerprint density at radius 3 is 2.64 bits per heavy atom. The zero-order valence-corrected chi connectivity index (χ0v) is 9.23. The lowest BCUT2D eigenvalue weighted by atomic mass is 10.0. The molecular weight excluding hydrogens is 219 g/mol. The average molecular weight is 229 g/mol. The molecule has 1 atom stereocenters. The molecule has 0 heterocycles. The van der Waals surface area contributed by atoms with E-state index in [-0.39, 0.29) is 6.04 Å². The van der Waals surface area contributed by atoms with Crippen molar-refractivity contribution >= 4 is 23.2 Å². The van der Waals surface area contributed by atoms with E-state index >= 15 is 0 Å². The summed E-state index contributed by atoms with van der Waals surface area (Å²) in [5.41, 5.74) is 6.93. The summed E-state index contributed by atoms with van der Waals surface area (Å²) in [5, 5.41) is 9.85. The van der Waals surface area contributed by atoms with E-state index in [4.69, 9.17) is 34.2 Å². The van der Waals surface area contributed by atoms with Crippen LogP contribution in [0.3, 0.4) is 0 Å². The maximum atomic E-state index is 8.87. The molecule has 1 aromatic carbocycles. The quantitative estimate of drug-likeness (QED) is 0.847. The second kappa shape index (κ2) is 4.65. The summed E-state index contributed by atoms with van der Waals surface area (Å²) in [6.07, 6.45) is 0.582. The number of hydrogen-bond donors (Lipinski definition) is 1. The Balaban J connectivity index is 3.20. The summed E-state index contributed by atoms with van der Waals surface area (Å²) < 4.78 is 0. The standard InChI is InChI=1S/C10H10Cl2N2/c1-6(14)2-9-7(5-13)3-8(11)4-10(9)12/h3-4,6H,2,14H2,1H3/t6-/m0/s1. The van der Waals surface area contributed by atoms with E-state index in [1.165, 1.54) is 0 Å². The minimum Gasteiger partial charge on any atom is -0.328 e. The maximum absolute atomic E-state index is 8.87. The van der Waals surface area contributed by atoms with Gasteiger partial charge in [-0.2, -0.15) is 5.26 Å². The first-order valence-corrected chi connectivity index (χ1v) is 4.93. The van der Waals surface area contributed by atoms with Gasteiger partial charge in [0.2, 0.25) is 0 Å². The highest BCUT2D eigenvalue weighted by atomic mass is 35.5. The predicted octanol–water partition coefficient (Wildman–Crippen LogP) is 2.75. The Bertz CT molecular complexity index is 380. The fourth-order valence-corrected chi connectivity index (χ4v) is 1.80. The van der Waals surface area contributed by atoms with Gasteiger partial charge in [0.05, 0.1) is 11.6 Å². The molecule has 0 aromatic heterocycles. The largest absolute Gasteiger partial charge is 0.328 e. The molecule has 0 aliphatic rings. The summed E-state index contributed by atoms with van der Waals surface area (Å²) in [6, 6.07) is 5.26. The Hall–Kier alpha value is -0.750. The Labute approximate surface area is 93.2 Å². The molecule has 74 valence electrons. The fraction of sp³-hybridized carbons (Fsp3) is 0.300. The van der Waals surface area contributed by atoms with Crippen LogP contribution in [0.1, 0.15) is 18.1 Å². The summed E-state index contributed by atoms with van der Waals surface area (Å²) in [5.74, 6) is 0. The number of nitriles is 1. The summed E-state index contributed by atoms with van der Waals surface area (Å²) in [4.78, 5) is 0. The molecule has 0 aliphatic heterocycles. The van der Waals surface area contributed by atoms with Crippen LogP contribution < -0.4 is 5.73 Å². The molecule has 0 saturated carbocycles. The molecule has 14 heavy (non-hydrogen) atoms. The third-order valence-corrected chi connectivity index (χ3v) is 2.36. The third-order valence-electron chi connectivity index (χ3n) is 1.81. The predicted molar refractivity (Wildman–Crippen MR) is 58.5 cm³/mol. The maximum Gasteiger partial charge on any atom is 0.0995 e. The number of rotatable bonds is 2. The van der Waals surface area contributed by atoms with Crippen molar-refractivity contribution in [3.63, 3.8) is 0 Å². The molecular formula is C10H10Cl2N2. The van der Waals surface area contributed by atoms with Crippen molar-refractivity contribution in [1.82, 2.24) is 0 Å². The van der Waals surface area contributed by atoms with Gasteiger partial charge in [-0.3, -0.25) is 0 Å². The fourth-order valence-electron chi connectivity index (χ4n) is 1.23. The minimum absolute atomic E-state index is 0.0271. The lowest BCUT2D eigenvalue weighted by Crippen LogP contribution is -2.18.